The zero-order valence-corrected chi connectivity index (χ0v) is 19.1. The maximum absolute atomic E-state index is 7.15. The Labute approximate surface area is 195 Å². The van der Waals surface area contributed by atoms with E-state index in [0.717, 1.165) is 13.0 Å². The zero-order chi connectivity index (χ0) is 22.3. The van der Waals surface area contributed by atoms with Gasteiger partial charge in [0.15, 0.2) is 0 Å². The van der Waals surface area contributed by atoms with Crippen LogP contribution in [0.15, 0.2) is 103 Å². The van der Waals surface area contributed by atoms with Crippen LogP contribution in [0.1, 0.15) is 42.9 Å². The summed E-state index contributed by atoms with van der Waals surface area (Å²) in [4.78, 5) is 0. The fourth-order valence-corrected chi connectivity index (χ4v) is 5.66. The van der Waals surface area contributed by atoms with Crippen LogP contribution in [0.4, 0.5) is 0 Å². The predicted molar refractivity (Wildman–Crippen MR) is 139 cm³/mol. The van der Waals surface area contributed by atoms with Crippen LogP contribution in [0.3, 0.4) is 0 Å². The Bertz CT molecular complexity index is 1360. The second-order valence-electron chi connectivity index (χ2n) is 9.02. The summed E-state index contributed by atoms with van der Waals surface area (Å²) in [5, 5.41) is 5.03. The minimum absolute atomic E-state index is 0.638. The fraction of sp³-hybridized carbons (Fsp3) is 0.188. The van der Waals surface area contributed by atoms with Crippen LogP contribution in [-0.2, 0) is 10.3 Å². The lowest BCUT2D eigenvalue weighted by molar-refractivity contribution is 0.0161. The normalized spacial score (nSPS) is 13.8. The number of unbranched alkanes of at least 4 members (excludes halogenated alkanes) is 2. The van der Waals surface area contributed by atoms with E-state index in [1.54, 1.807) is 0 Å². The number of rotatable bonds is 6. The second kappa shape index (κ2) is 8.17. The molecule has 5 aromatic rings. The molecule has 0 saturated heterocycles. The molecule has 1 aliphatic carbocycles. The van der Waals surface area contributed by atoms with Crippen molar-refractivity contribution in [3.8, 4) is 11.1 Å². The van der Waals surface area contributed by atoms with Crippen LogP contribution in [0.25, 0.3) is 32.7 Å². The summed E-state index contributed by atoms with van der Waals surface area (Å²) < 4.78 is 7.15. The van der Waals surface area contributed by atoms with Crippen molar-refractivity contribution in [3.63, 3.8) is 0 Å². The Kier molecular flexibility index (Phi) is 5.00. The van der Waals surface area contributed by atoms with E-state index in [-0.39, 0.29) is 0 Å². The van der Waals surface area contributed by atoms with Crippen molar-refractivity contribution < 1.29 is 4.74 Å². The van der Waals surface area contributed by atoms with Gasteiger partial charge in [0, 0.05) is 23.3 Å². The van der Waals surface area contributed by atoms with E-state index in [1.807, 2.05) is 0 Å². The van der Waals surface area contributed by atoms with Gasteiger partial charge in [0.1, 0.15) is 5.60 Å². The third kappa shape index (κ3) is 3.03. The summed E-state index contributed by atoms with van der Waals surface area (Å²) >= 11 is 0. The van der Waals surface area contributed by atoms with E-state index in [1.165, 1.54) is 62.2 Å². The molecule has 33 heavy (non-hydrogen) atoms. The quantitative estimate of drug-likeness (QED) is 0.195. The first kappa shape index (κ1) is 20.2. The predicted octanol–water partition coefficient (Wildman–Crippen LogP) is 8.47. The molecule has 0 bridgehead atoms. The van der Waals surface area contributed by atoms with Gasteiger partial charge < -0.3 is 4.74 Å². The average molecular weight is 429 g/mol. The summed E-state index contributed by atoms with van der Waals surface area (Å²) in [7, 11) is 0. The van der Waals surface area contributed by atoms with Gasteiger partial charge in [-0.25, -0.2) is 0 Å². The number of fused-ring (bicyclic) bond motifs is 5. The number of benzene rings is 5. The van der Waals surface area contributed by atoms with Crippen LogP contribution in [0.2, 0.25) is 0 Å². The van der Waals surface area contributed by atoms with E-state index in [4.69, 9.17) is 4.74 Å². The van der Waals surface area contributed by atoms with E-state index in [0.29, 0.717) is 0 Å². The molecule has 1 nitrogen and oxygen atoms in total. The van der Waals surface area contributed by atoms with E-state index in [2.05, 4.69) is 110 Å². The highest BCUT2D eigenvalue weighted by Crippen LogP contribution is 2.56. The van der Waals surface area contributed by atoms with Crippen molar-refractivity contribution in [2.75, 3.05) is 6.61 Å². The lowest BCUT2D eigenvalue weighted by atomic mass is 9.78. The molecule has 0 fully saturated rings. The van der Waals surface area contributed by atoms with Crippen LogP contribution in [-0.4, -0.2) is 6.61 Å². The zero-order valence-electron chi connectivity index (χ0n) is 19.1. The summed E-state index contributed by atoms with van der Waals surface area (Å²) in [5.41, 5.74) is 5.70. The molecule has 0 aromatic heterocycles. The SMILES string of the molecule is CCCCCOC1(c2c3ccccc3cc3ccccc23)c2ccccc2-c2ccccc21. The molecule has 0 atom stereocenters. The highest BCUT2D eigenvalue weighted by molar-refractivity contribution is 6.05. The number of ether oxygens (including phenoxy) is 1. The highest BCUT2D eigenvalue weighted by atomic mass is 16.5. The van der Waals surface area contributed by atoms with Crippen molar-refractivity contribution in [2.24, 2.45) is 0 Å². The van der Waals surface area contributed by atoms with Crippen molar-refractivity contribution in [1.82, 2.24) is 0 Å². The molecule has 5 aromatic carbocycles. The summed E-state index contributed by atoms with van der Waals surface area (Å²) in [5.74, 6) is 0. The Hall–Kier alpha value is -3.42. The first-order chi connectivity index (χ1) is 16.3. The first-order valence-electron chi connectivity index (χ1n) is 12.1. The maximum Gasteiger partial charge on any atom is 0.146 e. The number of hydrogen-bond acceptors (Lipinski definition) is 1. The monoisotopic (exact) mass is 428 g/mol. The van der Waals surface area contributed by atoms with Gasteiger partial charge in [-0.2, -0.15) is 0 Å². The molecule has 0 unspecified atom stereocenters. The van der Waals surface area contributed by atoms with Crippen molar-refractivity contribution in [2.45, 2.75) is 31.8 Å². The van der Waals surface area contributed by atoms with Gasteiger partial charge in [-0.1, -0.05) is 117 Å². The standard InChI is InChI=1S/C32H28O/c1-2-3-12-21-33-32(29-19-10-8-17-27(29)28-18-9-11-20-30(28)32)31-25-15-6-4-13-23(25)22-24-14-5-7-16-26(24)31/h4-11,13-20,22H,2-3,12,21H2,1H3. The van der Waals surface area contributed by atoms with Gasteiger partial charge in [0.25, 0.3) is 0 Å². The summed E-state index contributed by atoms with van der Waals surface area (Å²) in [6.45, 7) is 2.97. The molecule has 0 saturated carbocycles. The van der Waals surface area contributed by atoms with E-state index >= 15 is 0 Å². The summed E-state index contributed by atoms with van der Waals surface area (Å²) in [6, 6.07) is 37.5. The van der Waals surface area contributed by atoms with Gasteiger partial charge >= 0.3 is 0 Å². The van der Waals surface area contributed by atoms with Crippen molar-refractivity contribution in [3.05, 3.63) is 120 Å². The van der Waals surface area contributed by atoms with Crippen molar-refractivity contribution >= 4 is 21.5 Å². The van der Waals surface area contributed by atoms with Crippen LogP contribution >= 0.6 is 0 Å². The molecule has 0 radical (unpaired) electrons. The molecule has 6 rings (SSSR count). The Morgan fingerprint density at radius 1 is 0.606 bits per heavy atom. The molecule has 1 heteroatoms. The molecule has 162 valence electrons. The Morgan fingerprint density at radius 3 is 1.70 bits per heavy atom. The van der Waals surface area contributed by atoms with E-state index < -0.39 is 5.60 Å². The minimum Gasteiger partial charge on any atom is -0.361 e. The third-order valence-corrected chi connectivity index (χ3v) is 7.09. The lowest BCUT2D eigenvalue weighted by Gasteiger charge is -2.35. The molecule has 0 heterocycles. The molecule has 0 spiro atoms. The van der Waals surface area contributed by atoms with Gasteiger partial charge in [-0.15, -0.1) is 0 Å². The van der Waals surface area contributed by atoms with E-state index in [9.17, 15) is 0 Å². The van der Waals surface area contributed by atoms with Gasteiger partial charge in [0.05, 0.1) is 0 Å². The largest absolute Gasteiger partial charge is 0.361 e. The van der Waals surface area contributed by atoms with Gasteiger partial charge in [0.2, 0.25) is 0 Å². The Morgan fingerprint density at radius 2 is 1.12 bits per heavy atom. The molecular weight excluding hydrogens is 400 g/mol. The van der Waals surface area contributed by atoms with Crippen LogP contribution in [0, 0.1) is 0 Å². The fourth-order valence-electron chi connectivity index (χ4n) is 5.66. The third-order valence-electron chi connectivity index (χ3n) is 7.09. The molecule has 0 aliphatic heterocycles. The smallest absolute Gasteiger partial charge is 0.146 e. The second-order valence-corrected chi connectivity index (χ2v) is 9.02. The molecule has 1 aliphatic rings. The highest BCUT2D eigenvalue weighted by Gasteiger charge is 2.47. The Balaban J connectivity index is 1.76. The first-order valence-corrected chi connectivity index (χ1v) is 12.1. The average Bonchev–Trinajstić information content (AvgIpc) is 3.16. The van der Waals surface area contributed by atoms with Crippen LogP contribution in [0.5, 0.6) is 0 Å². The van der Waals surface area contributed by atoms with Crippen molar-refractivity contribution in [1.29, 1.82) is 0 Å². The minimum atomic E-state index is -0.638. The van der Waals surface area contributed by atoms with Crippen LogP contribution < -0.4 is 0 Å². The topological polar surface area (TPSA) is 9.23 Å². The van der Waals surface area contributed by atoms with Gasteiger partial charge in [-0.05, 0) is 45.2 Å². The molecular formula is C32H28O. The molecule has 0 amide bonds. The number of hydrogen-bond donors (Lipinski definition) is 0. The maximum atomic E-state index is 7.15. The van der Waals surface area contributed by atoms with Gasteiger partial charge in [-0.3, -0.25) is 0 Å². The lowest BCUT2D eigenvalue weighted by Crippen LogP contribution is -2.31. The molecule has 0 N–H and O–H groups in total. The summed E-state index contributed by atoms with van der Waals surface area (Å²) in [6.07, 6.45) is 3.42.